The minimum absolute atomic E-state index is 0.165. The average molecular weight is 426 g/mol. The van der Waals surface area contributed by atoms with Crippen LogP contribution in [0.1, 0.15) is 35.0 Å². The van der Waals surface area contributed by atoms with Gasteiger partial charge in [0, 0.05) is 23.2 Å². The fourth-order valence-electron chi connectivity index (χ4n) is 3.07. The summed E-state index contributed by atoms with van der Waals surface area (Å²) < 4.78 is 0.851. The summed E-state index contributed by atoms with van der Waals surface area (Å²) in [6.07, 6.45) is 1.43. The molecule has 0 aliphatic carbocycles. The number of hydrogen-bond acceptors (Lipinski definition) is 5. The van der Waals surface area contributed by atoms with E-state index in [1.54, 1.807) is 29.7 Å². The summed E-state index contributed by atoms with van der Waals surface area (Å²) in [4.78, 5) is 37.0. The van der Waals surface area contributed by atoms with Crippen molar-refractivity contribution in [2.24, 2.45) is 0 Å². The molecule has 1 heterocycles. The van der Waals surface area contributed by atoms with Gasteiger partial charge < -0.3 is 10.6 Å². The van der Waals surface area contributed by atoms with E-state index in [9.17, 15) is 14.4 Å². The maximum absolute atomic E-state index is 12.9. The molecule has 0 bridgehead atoms. The molecule has 8 heteroatoms. The van der Waals surface area contributed by atoms with E-state index in [1.165, 1.54) is 11.3 Å². The molecule has 7 nitrogen and oxygen atoms in total. The van der Waals surface area contributed by atoms with Crippen LogP contribution >= 0.6 is 11.3 Å². The molecule has 0 spiro atoms. The van der Waals surface area contributed by atoms with Crippen LogP contribution in [0.15, 0.2) is 54.6 Å². The third-order valence-corrected chi connectivity index (χ3v) is 5.64. The van der Waals surface area contributed by atoms with E-state index in [0.29, 0.717) is 29.8 Å². The first-order valence-electron chi connectivity index (χ1n) is 9.62. The molecule has 0 aliphatic heterocycles. The molecule has 4 N–H and O–H groups in total. The van der Waals surface area contributed by atoms with Crippen LogP contribution in [0.5, 0.6) is 0 Å². The van der Waals surface area contributed by atoms with Gasteiger partial charge in [0.1, 0.15) is 6.04 Å². The van der Waals surface area contributed by atoms with Gasteiger partial charge in [-0.25, -0.2) is 5.48 Å². The number of rotatable bonds is 8. The zero-order valence-corrected chi connectivity index (χ0v) is 17.3. The highest BCUT2D eigenvalue weighted by atomic mass is 32.1. The molecule has 2 aromatic carbocycles. The number of anilines is 1. The van der Waals surface area contributed by atoms with Crippen molar-refractivity contribution in [2.75, 3.05) is 5.32 Å². The monoisotopic (exact) mass is 425 g/mol. The van der Waals surface area contributed by atoms with Crippen molar-refractivity contribution in [3.63, 3.8) is 0 Å². The van der Waals surface area contributed by atoms with Crippen molar-refractivity contribution in [3.05, 3.63) is 65.0 Å². The Labute approximate surface area is 178 Å². The molecule has 3 aromatic rings. The second-order valence-corrected chi connectivity index (χ2v) is 7.94. The Morgan fingerprint density at radius 3 is 2.53 bits per heavy atom. The number of hydroxylamine groups is 1. The first-order valence-corrected chi connectivity index (χ1v) is 10.4. The Bertz CT molecular complexity index is 1050. The largest absolute Gasteiger partial charge is 0.344 e. The zero-order valence-electron chi connectivity index (χ0n) is 16.5. The van der Waals surface area contributed by atoms with Gasteiger partial charge in [0.25, 0.3) is 5.91 Å². The average Bonchev–Trinajstić information content (AvgIpc) is 3.17. The van der Waals surface area contributed by atoms with Crippen molar-refractivity contribution in [1.82, 2.24) is 10.8 Å². The molecule has 3 rings (SSSR count). The van der Waals surface area contributed by atoms with Gasteiger partial charge in [-0.1, -0.05) is 37.3 Å². The van der Waals surface area contributed by atoms with Crippen LogP contribution in [0.25, 0.3) is 10.1 Å². The van der Waals surface area contributed by atoms with Crippen molar-refractivity contribution < 1.29 is 19.6 Å². The van der Waals surface area contributed by atoms with Gasteiger partial charge in [-0.15, -0.1) is 11.3 Å². The summed E-state index contributed by atoms with van der Waals surface area (Å²) in [5.41, 5.74) is 3.12. The third kappa shape index (κ3) is 5.43. The summed E-state index contributed by atoms with van der Waals surface area (Å²) in [7, 11) is 0. The minimum atomic E-state index is -0.708. The molecule has 3 amide bonds. The van der Waals surface area contributed by atoms with Crippen LogP contribution in [0.4, 0.5) is 5.69 Å². The van der Waals surface area contributed by atoms with Crippen LogP contribution in [-0.2, 0) is 16.0 Å². The van der Waals surface area contributed by atoms with Crippen molar-refractivity contribution >= 4 is 44.8 Å². The molecule has 1 aromatic heterocycles. The molecular formula is C22H23N3O4S. The summed E-state index contributed by atoms with van der Waals surface area (Å²) in [5.74, 6) is -1.06. The lowest BCUT2D eigenvalue weighted by atomic mass is 10.0. The van der Waals surface area contributed by atoms with Crippen LogP contribution < -0.4 is 16.1 Å². The minimum Gasteiger partial charge on any atom is -0.344 e. The first-order chi connectivity index (χ1) is 14.5. The Hall–Kier alpha value is -3.23. The molecule has 0 radical (unpaired) electrons. The predicted octanol–water partition coefficient (Wildman–Crippen LogP) is 3.49. The predicted molar refractivity (Wildman–Crippen MR) is 117 cm³/mol. The number of carbonyl (C=O) groups excluding carboxylic acids is 3. The van der Waals surface area contributed by atoms with Crippen LogP contribution in [0.2, 0.25) is 0 Å². The fourth-order valence-corrected chi connectivity index (χ4v) is 4.00. The van der Waals surface area contributed by atoms with Gasteiger partial charge in [0.2, 0.25) is 11.8 Å². The van der Waals surface area contributed by atoms with Gasteiger partial charge in [-0.3, -0.25) is 19.6 Å². The molecule has 0 saturated carbocycles. The summed E-state index contributed by atoms with van der Waals surface area (Å²) in [5, 5.41) is 15.2. The van der Waals surface area contributed by atoms with E-state index in [4.69, 9.17) is 5.21 Å². The van der Waals surface area contributed by atoms with Crippen LogP contribution in [-0.4, -0.2) is 29.0 Å². The first kappa shape index (κ1) is 21.5. The summed E-state index contributed by atoms with van der Waals surface area (Å²) in [6.45, 7) is 1.91. The van der Waals surface area contributed by atoms with Crippen molar-refractivity contribution in [1.29, 1.82) is 0 Å². The highest BCUT2D eigenvalue weighted by Gasteiger charge is 2.21. The third-order valence-electron chi connectivity index (χ3n) is 4.52. The number of amides is 3. The van der Waals surface area contributed by atoms with Crippen LogP contribution in [0, 0.1) is 0 Å². The van der Waals surface area contributed by atoms with Gasteiger partial charge in [-0.2, -0.15) is 0 Å². The fraction of sp³-hybridized carbons (Fsp3) is 0.227. The lowest BCUT2D eigenvalue weighted by Gasteiger charge is -2.19. The van der Waals surface area contributed by atoms with E-state index in [1.807, 2.05) is 37.3 Å². The molecule has 0 saturated heterocycles. The molecule has 0 aliphatic rings. The summed E-state index contributed by atoms with van der Waals surface area (Å²) >= 11 is 1.24. The number of fused-ring (bicyclic) bond motifs is 1. The quantitative estimate of drug-likeness (QED) is 0.327. The van der Waals surface area contributed by atoms with E-state index in [-0.39, 0.29) is 11.8 Å². The SMILES string of the molecule is CCCC(=O)N[C@@H](Cc1ccccc1)C(=O)Nc1ccc2sc(C(=O)NO)cc2c1. The normalized spacial score (nSPS) is 11.7. The Morgan fingerprint density at radius 1 is 1.07 bits per heavy atom. The molecular weight excluding hydrogens is 402 g/mol. The number of hydrogen-bond donors (Lipinski definition) is 4. The smallest absolute Gasteiger partial charge is 0.284 e. The highest BCUT2D eigenvalue weighted by molar-refractivity contribution is 7.20. The maximum atomic E-state index is 12.9. The topological polar surface area (TPSA) is 108 Å². The lowest BCUT2D eigenvalue weighted by Crippen LogP contribution is -2.45. The highest BCUT2D eigenvalue weighted by Crippen LogP contribution is 2.28. The van der Waals surface area contributed by atoms with E-state index < -0.39 is 11.9 Å². The Balaban J connectivity index is 1.78. The Morgan fingerprint density at radius 2 is 1.83 bits per heavy atom. The second kappa shape index (κ2) is 10.00. The van der Waals surface area contributed by atoms with Gasteiger partial charge >= 0.3 is 0 Å². The zero-order chi connectivity index (χ0) is 21.5. The van der Waals surface area contributed by atoms with Crippen molar-refractivity contribution in [2.45, 2.75) is 32.2 Å². The van der Waals surface area contributed by atoms with Gasteiger partial charge in [0.15, 0.2) is 0 Å². The summed E-state index contributed by atoms with van der Waals surface area (Å²) in [6, 6.07) is 15.7. The van der Waals surface area contributed by atoms with Crippen LogP contribution in [0.3, 0.4) is 0 Å². The van der Waals surface area contributed by atoms with Gasteiger partial charge in [-0.05, 0) is 41.6 Å². The number of carbonyl (C=O) groups is 3. The number of benzene rings is 2. The number of nitrogens with one attached hydrogen (secondary N) is 3. The van der Waals surface area contributed by atoms with E-state index in [2.05, 4.69) is 10.6 Å². The van der Waals surface area contributed by atoms with E-state index in [0.717, 1.165) is 15.6 Å². The molecule has 30 heavy (non-hydrogen) atoms. The molecule has 0 fully saturated rings. The molecule has 1 atom stereocenters. The maximum Gasteiger partial charge on any atom is 0.284 e. The van der Waals surface area contributed by atoms with Crippen molar-refractivity contribution in [3.8, 4) is 0 Å². The standard InChI is InChI=1S/C22H23N3O4S/c1-2-6-20(26)24-17(11-14-7-4-3-5-8-14)21(27)23-16-9-10-18-15(12-16)13-19(30-18)22(28)25-29/h3-5,7-10,12-13,17,29H,2,6,11H2,1H3,(H,23,27)(H,24,26)(H,25,28)/t17-/m0/s1. The molecule has 0 unspecified atom stereocenters. The van der Waals surface area contributed by atoms with Gasteiger partial charge in [0.05, 0.1) is 4.88 Å². The Kier molecular flexibility index (Phi) is 7.16. The number of thiophene rings is 1. The second-order valence-electron chi connectivity index (χ2n) is 6.85. The lowest BCUT2D eigenvalue weighted by molar-refractivity contribution is -0.126. The molecule has 156 valence electrons. The van der Waals surface area contributed by atoms with E-state index >= 15 is 0 Å².